The second-order valence-electron chi connectivity index (χ2n) is 13.6. The number of aryl methyl sites for hydroxylation is 1. The van der Waals surface area contributed by atoms with Gasteiger partial charge in [-0.15, -0.1) is 0 Å². The summed E-state index contributed by atoms with van der Waals surface area (Å²) in [6.45, 7) is 12.8. The van der Waals surface area contributed by atoms with Gasteiger partial charge in [0.25, 0.3) is 0 Å². The molecule has 2 unspecified atom stereocenters. The van der Waals surface area contributed by atoms with Crippen LogP contribution in [0.5, 0.6) is 17.2 Å². The molecule has 0 saturated carbocycles. The molecular weight excluding hydrogens is 932 g/mol. The van der Waals surface area contributed by atoms with Crippen molar-refractivity contribution in [2.75, 3.05) is 19.8 Å². The summed E-state index contributed by atoms with van der Waals surface area (Å²) in [5, 5.41) is 19.9. The van der Waals surface area contributed by atoms with Crippen molar-refractivity contribution in [3.63, 3.8) is 0 Å². The number of alkyl halides is 3. The molecule has 0 aromatic heterocycles. The molecule has 0 spiro atoms. The Bertz CT molecular complexity index is 1970. The van der Waals surface area contributed by atoms with Crippen molar-refractivity contribution >= 4 is 47.8 Å². The molecule has 8 heteroatoms. The van der Waals surface area contributed by atoms with Gasteiger partial charge in [-0.1, -0.05) is 176 Å². The van der Waals surface area contributed by atoms with E-state index in [1.165, 1.54) is 38.9 Å². The predicted molar refractivity (Wildman–Crippen MR) is 257 cm³/mol. The Morgan fingerprint density at radius 3 is 1.14 bits per heavy atom. The van der Waals surface area contributed by atoms with Crippen molar-refractivity contribution in [1.82, 2.24) is 0 Å². The van der Waals surface area contributed by atoms with Crippen LogP contribution in [-0.2, 0) is 23.9 Å². The predicted octanol–water partition coefficient (Wildman–Crippen LogP) is 14.1. The maximum absolute atomic E-state index is 9.05. The van der Waals surface area contributed by atoms with Gasteiger partial charge in [0.15, 0.2) is 0 Å². The van der Waals surface area contributed by atoms with E-state index in [-0.39, 0.29) is 18.0 Å². The molecule has 6 rings (SSSR count). The van der Waals surface area contributed by atoms with E-state index in [1.54, 1.807) is 0 Å². The molecule has 0 bridgehead atoms. The number of halogens is 3. The van der Waals surface area contributed by atoms with E-state index in [2.05, 4.69) is 141 Å². The minimum Gasteiger partial charge on any atom is -0.494 e. The van der Waals surface area contributed by atoms with Crippen LogP contribution in [0.2, 0.25) is 0 Å². The fourth-order valence-corrected chi connectivity index (χ4v) is 6.94. The molecule has 0 aliphatic carbocycles. The largest absolute Gasteiger partial charge is 0.494 e. The zero-order valence-electron chi connectivity index (χ0n) is 34.9. The third-order valence-electron chi connectivity index (χ3n) is 9.12. The zero-order valence-corrected chi connectivity index (χ0v) is 39.7. The quantitative estimate of drug-likeness (QED) is 0.100. The highest BCUT2D eigenvalue weighted by atomic mass is 79.9. The Labute approximate surface area is 378 Å². The topological polar surface area (TPSA) is 68.2 Å². The molecule has 6 aromatic rings. The SMILES string of the molecule is CCCOc1ccc(CBr)cc1.CCOc1ccc(C(C)c2ccc(CO)cc2)cc1.CCOc1ccc(CBr)cc1.Cc1ccc(C(Br)c2ccc(CO)cc2)cc1. The van der Waals surface area contributed by atoms with Crippen molar-refractivity contribution in [1.29, 1.82) is 0 Å². The van der Waals surface area contributed by atoms with Crippen LogP contribution in [0.4, 0.5) is 0 Å². The highest BCUT2D eigenvalue weighted by Crippen LogP contribution is 2.31. The fourth-order valence-electron chi connectivity index (χ4n) is 5.58. The number of hydrogen-bond acceptors (Lipinski definition) is 5. The molecule has 0 saturated heterocycles. The number of aliphatic hydroxyl groups excluding tert-OH is 2. The molecule has 2 N–H and O–H groups in total. The summed E-state index contributed by atoms with van der Waals surface area (Å²) < 4.78 is 16.2. The molecule has 0 aliphatic rings. The molecule has 314 valence electrons. The van der Waals surface area contributed by atoms with Crippen molar-refractivity contribution in [2.45, 2.75) is 75.7 Å². The van der Waals surface area contributed by atoms with Gasteiger partial charge >= 0.3 is 0 Å². The number of aliphatic hydroxyl groups is 2. The first-order valence-corrected chi connectivity index (χ1v) is 23.2. The molecule has 6 aromatic carbocycles. The van der Waals surface area contributed by atoms with Crippen molar-refractivity contribution in [3.05, 3.63) is 196 Å². The van der Waals surface area contributed by atoms with Crippen molar-refractivity contribution in [3.8, 4) is 17.2 Å². The van der Waals surface area contributed by atoms with E-state index in [9.17, 15) is 0 Å². The van der Waals surface area contributed by atoms with Gasteiger partial charge in [-0.05, 0) is 108 Å². The Hall–Kier alpha value is -3.92. The van der Waals surface area contributed by atoms with E-state index in [1.807, 2.05) is 86.6 Å². The van der Waals surface area contributed by atoms with Crippen molar-refractivity contribution in [2.24, 2.45) is 0 Å². The molecule has 0 fully saturated rings. The molecule has 2 atom stereocenters. The van der Waals surface area contributed by atoms with E-state index >= 15 is 0 Å². The fraction of sp³-hybridized carbons (Fsp3) is 0.294. The summed E-state index contributed by atoms with van der Waals surface area (Å²) >= 11 is 10.5. The zero-order chi connectivity index (χ0) is 42.8. The second kappa shape index (κ2) is 28.5. The highest BCUT2D eigenvalue weighted by Gasteiger charge is 2.10. The first kappa shape index (κ1) is 49.4. The Balaban J connectivity index is 0.000000215. The summed E-state index contributed by atoms with van der Waals surface area (Å²) in [5.41, 5.74) is 10.7. The number of rotatable bonds is 15. The van der Waals surface area contributed by atoms with Crippen LogP contribution >= 0.6 is 47.8 Å². The second-order valence-corrected chi connectivity index (χ2v) is 15.7. The van der Waals surface area contributed by atoms with Crippen LogP contribution < -0.4 is 14.2 Å². The van der Waals surface area contributed by atoms with E-state index in [0.29, 0.717) is 12.5 Å². The smallest absolute Gasteiger partial charge is 0.119 e. The number of hydrogen-bond donors (Lipinski definition) is 2. The highest BCUT2D eigenvalue weighted by molar-refractivity contribution is 9.09. The van der Waals surface area contributed by atoms with Gasteiger partial charge in [0.05, 0.1) is 37.9 Å². The first-order valence-electron chi connectivity index (χ1n) is 20.1. The normalized spacial score (nSPS) is 11.3. The average Bonchev–Trinajstić information content (AvgIpc) is 3.29. The molecule has 0 amide bonds. The Morgan fingerprint density at radius 2 is 0.780 bits per heavy atom. The lowest BCUT2D eigenvalue weighted by atomic mass is 9.92. The van der Waals surface area contributed by atoms with Gasteiger partial charge in [0.2, 0.25) is 0 Å². The third-order valence-corrected chi connectivity index (χ3v) is 11.5. The van der Waals surface area contributed by atoms with Crippen LogP contribution in [0.25, 0.3) is 0 Å². The minimum absolute atomic E-state index is 0.0950. The van der Waals surface area contributed by atoms with Gasteiger partial charge in [0.1, 0.15) is 17.2 Å². The van der Waals surface area contributed by atoms with Crippen LogP contribution in [0.15, 0.2) is 146 Å². The number of ether oxygens (including phenoxy) is 3. The van der Waals surface area contributed by atoms with Crippen molar-refractivity contribution < 1.29 is 24.4 Å². The van der Waals surface area contributed by atoms with E-state index in [4.69, 9.17) is 24.4 Å². The molecule has 0 heterocycles. The van der Waals surface area contributed by atoms with Gasteiger partial charge in [-0.3, -0.25) is 0 Å². The lowest BCUT2D eigenvalue weighted by Crippen LogP contribution is -1.97. The number of benzene rings is 6. The lowest BCUT2D eigenvalue weighted by molar-refractivity contribution is 0.281. The van der Waals surface area contributed by atoms with Crippen LogP contribution in [0.3, 0.4) is 0 Å². The average molecular weight is 992 g/mol. The van der Waals surface area contributed by atoms with Gasteiger partial charge in [-0.25, -0.2) is 0 Å². The van der Waals surface area contributed by atoms with Gasteiger partial charge in [-0.2, -0.15) is 0 Å². The molecule has 59 heavy (non-hydrogen) atoms. The molecule has 0 radical (unpaired) electrons. The lowest BCUT2D eigenvalue weighted by Gasteiger charge is -2.13. The summed E-state index contributed by atoms with van der Waals surface area (Å²) in [7, 11) is 0. The Morgan fingerprint density at radius 1 is 0.458 bits per heavy atom. The Kier molecular flexibility index (Phi) is 23.9. The molecular formula is C51H59Br3O5. The summed E-state index contributed by atoms with van der Waals surface area (Å²) in [6, 6.07) is 49.1. The minimum atomic E-state index is 0.0950. The molecule has 0 aliphatic heterocycles. The van der Waals surface area contributed by atoms with Crippen LogP contribution in [0.1, 0.15) is 94.9 Å². The first-order chi connectivity index (χ1) is 28.7. The summed E-state index contributed by atoms with van der Waals surface area (Å²) in [5.74, 6) is 3.15. The van der Waals surface area contributed by atoms with Gasteiger partial charge < -0.3 is 24.4 Å². The standard InChI is InChI=1S/C17H20O2.C15H15BrO.C10H13BrO.C9H11BrO/c1-3-19-17-10-8-16(9-11-17)13(2)15-6-4-14(12-18)5-7-15;1-11-2-6-13(7-3-11)15(16)14-8-4-12(10-17)5-9-14;1-2-7-12-10-5-3-9(8-11)4-6-10;1-2-11-9-5-3-8(7-10)4-6-9/h4-11,13,18H,3,12H2,1-2H3;2-9,15,17H,10H2,1H3;3-6H,2,7-8H2,1H3;3-6H,2,7H2,1H3. The third kappa shape index (κ3) is 18.1. The summed E-state index contributed by atoms with van der Waals surface area (Å²) in [4.78, 5) is 0.204. The molecule has 5 nitrogen and oxygen atoms in total. The van der Waals surface area contributed by atoms with E-state index in [0.717, 1.165) is 58.7 Å². The monoisotopic (exact) mass is 988 g/mol. The van der Waals surface area contributed by atoms with E-state index < -0.39 is 0 Å². The summed E-state index contributed by atoms with van der Waals surface area (Å²) in [6.07, 6.45) is 1.06. The van der Waals surface area contributed by atoms with Crippen LogP contribution in [0, 0.1) is 6.92 Å². The van der Waals surface area contributed by atoms with Gasteiger partial charge in [0, 0.05) is 16.6 Å². The maximum Gasteiger partial charge on any atom is 0.119 e. The maximum atomic E-state index is 9.05. The van der Waals surface area contributed by atoms with Crippen LogP contribution in [-0.4, -0.2) is 30.0 Å².